The molecule has 0 unspecified atom stereocenters. The first-order valence-electron chi connectivity index (χ1n) is 6.38. The molecule has 0 radical (unpaired) electrons. The Labute approximate surface area is 118 Å². The van der Waals surface area contributed by atoms with E-state index in [2.05, 4.69) is 9.97 Å². The van der Waals surface area contributed by atoms with Crippen LogP contribution in [0.15, 0.2) is 33.5 Å². The summed E-state index contributed by atoms with van der Waals surface area (Å²) in [5, 5.41) is 0.594. The first-order chi connectivity index (χ1) is 9.72. The molecule has 3 heterocycles. The van der Waals surface area contributed by atoms with Crippen LogP contribution in [-0.4, -0.2) is 14.5 Å². The summed E-state index contributed by atoms with van der Waals surface area (Å²) < 4.78 is 7.29. The van der Waals surface area contributed by atoms with Crippen molar-refractivity contribution in [1.29, 1.82) is 0 Å². The average Bonchev–Trinajstić information content (AvgIpc) is 3.05. The van der Waals surface area contributed by atoms with Crippen LogP contribution in [-0.2, 0) is 13.0 Å². The van der Waals surface area contributed by atoms with Gasteiger partial charge in [-0.1, -0.05) is 17.7 Å². The Morgan fingerprint density at radius 3 is 3.05 bits per heavy atom. The minimum atomic E-state index is -0.125. The molecule has 5 nitrogen and oxygen atoms in total. The zero-order valence-electron chi connectivity index (χ0n) is 10.5. The normalized spacial score (nSPS) is 13.8. The lowest BCUT2D eigenvalue weighted by Gasteiger charge is -1.98. The Hall–Kier alpha value is -2.14. The monoisotopic (exact) mass is 287 g/mol. The quantitative estimate of drug-likeness (QED) is 0.690. The van der Waals surface area contributed by atoms with Crippen molar-refractivity contribution in [2.24, 2.45) is 0 Å². The number of halogens is 1. The molecular weight excluding hydrogens is 278 g/mol. The predicted octanol–water partition coefficient (Wildman–Crippen LogP) is 2.65. The molecule has 0 spiro atoms. The predicted molar refractivity (Wildman–Crippen MR) is 74.8 cm³/mol. The van der Waals surface area contributed by atoms with Gasteiger partial charge < -0.3 is 4.42 Å². The van der Waals surface area contributed by atoms with Crippen molar-refractivity contribution >= 4 is 22.8 Å². The Balaban J connectivity index is 1.96. The fourth-order valence-corrected chi connectivity index (χ4v) is 2.70. The van der Waals surface area contributed by atoms with E-state index in [0.717, 1.165) is 24.2 Å². The lowest BCUT2D eigenvalue weighted by molar-refractivity contribution is 0.602. The fourth-order valence-electron chi connectivity index (χ4n) is 2.51. The lowest BCUT2D eigenvalue weighted by Crippen LogP contribution is -2.20. The van der Waals surface area contributed by atoms with Crippen LogP contribution in [0.5, 0.6) is 0 Å². The summed E-state index contributed by atoms with van der Waals surface area (Å²) in [6, 6.07) is 7.17. The molecule has 1 aliphatic heterocycles. The largest absolute Gasteiger partial charge is 0.417 e. The number of nitrogens with zero attached hydrogens (tertiary/aromatic N) is 3. The van der Waals surface area contributed by atoms with Gasteiger partial charge in [-0.25, -0.2) is 4.98 Å². The van der Waals surface area contributed by atoms with Gasteiger partial charge in [-0.3, -0.25) is 9.36 Å². The van der Waals surface area contributed by atoms with Crippen LogP contribution in [0.1, 0.15) is 12.2 Å². The minimum absolute atomic E-state index is 0.125. The van der Waals surface area contributed by atoms with Gasteiger partial charge in [0, 0.05) is 23.6 Å². The summed E-state index contributed by atoms with van der Waals surface area (Å²) in [6.45, 7) is 0.705. The Kier molecular flexibility index (Phi) is 2.44. The van der Waals surface area contributed by atoms with Crippen LogP contribution in [0.25, 0.3) is 22.7 Å². The van der Waals surface area contributed by atoms with Gasteiger partial charge >= 0.3 is 0 Å². The van der Waals surface area contributed by atoms with E-state index in [1.165, 1.54) is 0 Å². The molecule has 0 atom stereocenters. The zero-order valence-corrected chi connectivity index (χ0v) is 11.2. The highest BCUT2D eigenvalue weighted by atomic mass is 35.5. The van der Waals surface area contributed by atoms with E-state index in [9.17, 15) is 4.79 Å². The van der Waals surface area contributed by atoms with Crippen molar-refractivity contribution in [2.75, 3.05) is 0 Å². The van der Waals surface area contributed by atoms with E-state index in [1.807, 2.05) is 12.1 Å². The van der Waals surface area contributed by atoms with Crippen LogP contribution < -0.4 is 5.56 Å². The third kappa shape index (κ3) is 1.67. The number of oxazole rings is 1. The van der Waals surface area contributed by atoms with Crippen LogP contribution in [0.4, 0.5) is 0 Å². The van der Waals surface area contributed by atoms with Gasteiger partial charge in [-0.05, 0) is 24.6 Å². The third-order valence-electron chi connectivity index (χ3n) is 3.45. The molecule has 1 aliphatic rings. The molecule has 2 aromatic heterocycles. The second kappa shape index (κ2) is 4.18. The summed E-state index contributed by atoms with van der Waals surface area (Å²) in [7, 11) is 0. The number of fused-ring (bicyclic) bond motifs is 2. The van der Waals surface area contributed by atoms with Crippen molar-refractivity contribution in [3.05, 3.63) is 45.5 Å². The summed E-state index contributed by atoms with van der Waals surface area (Å²) >= 11 is 5.96. The Morgan fingerprint density at radius 1 is 1.30 bits per heavy atom. The second-order valence-electron chi connectivity index (χ2n) is 4.77. The molecule has 3 aromatic rings. The van der Waals surface area contributed by atoms with Crippen molar-refractivity contribution in [3.8, 4) is 11.5 Å². The molecule has 0 saturated carbocycles. The summed E-state index contributed by atoms with van der Waals surface area (Å²) in [6.07, 6.45) is 1.74. The van der Waals surface area contributed by atoms with Crippen molar-refractivity contribution in [3.63, 3.8) is 0 Å². The standard InChI is InChI=1S/C14H10ClN3O2/c15-9-4-1-3-8(7-9)12-17-11-13(20-12)16-10-5-2-6-18(10)14(11)19/h1,3-4,7H,2,5-6H2. The molecule has 0 N–H and O–H groups in total. The van der Waals surface area contributed by atoms with Crippen LogP contribution in [0, 0.1) is 0 Å². The summed E-state index contributed by atoms with van der Waals surface area (Å²) in [5.41, 5.74) is 1.20. The van der Waals surface area contributed by atoms with Crippen LogP contribution in [0.2, 0.25) is 5.02 Å². The highest BCUT2D eigenvalue weighted by Gasteiger charge is 2.20. The molecule has 6 heteroatoms. The van der Waals surface area contributed by atoms with Gasteiger partial charge in [0.25, 0.3) is 11.3 Å². The first-order valence-corrected chi connectivity index (χ1v) is 6.76. The van der Waals surface area contributed by atoms with Gasteiger partial charge in [0.1, 0.15) is 5.82 Å². The molecule has 0 amide bonds. The fraction of sp³-hybridized carbons (Fsp3) is 0.214. The van der Waals surface area contributed by atoms with Gasteiger partial charge in [-0.2, -0.15) is 4.98 Å². The molecule has 1 aromatic carbocycles. The topological polar surface area (TPSA) is 60.9 Å². The molecule has 0 bridgehead atoms. The Morgan fingerprint density at radius 2 is 2.20 bits per heavy atom. The number of hydrogen-bond acceptors (Lipinski definition) is 4. The number of rotatable bonds is 1. The van der Waals surface area contributed by atoms with E-state index in [4.69, 9.17) is 16.0 Å². The molecule has 0 saturated heterocycles. The van der Waals surface area contributed by atoms with E-state index in [1.54, 1.807) is 16.7 Å². The van der Waals surface area contributed by atoms with Gasteiger partial charge in [-0.15, -0.1) is 0 Å². The van der Waals surface area contributed by atoms with Crippen LogP contribution >= 0.6 is 11.6 Å². The highest BCUT2D eigenvalue weighted by Crippen LogP contribution is 2.25. The maximum absolute atomic E-state index is 12.3. The zero-order chi connectivity index (χ0) is 13.7. The number of benzene rings is 1. The second-order valence-corrected chi connectivity index (χ2v) is 5.21. The first kappa shape index (κ1) is 11.7. The van der Waals surface area contributed by atoms with E-state index < -0.39 is 0 Å². The molecule has 0 aliphatic carbocycles. The maximum Gasteiger partial charge on any atom is 0.283 e. The lowest BCUT2D eigenvalue weighted by atomic mass is 10.2. The SMILES string of the molecule is O=c1c2nc(-c3cccc(Cl)c3)oc2nc2n1CCC2. The van der Waals surface area contributed by atoms with Gasteiger partial charge in [0.05, 0.1) is 0 Å². The minimum Gasteiger partial charge on any atom is -0.417 e. The Bertz CT molecular complexity index is 882. The van der Waals surface area contributed by atoms with E-state index in [0.29, 0.717) is 23.2 Å². The van der Waals surface area contributed by atoms with Gasteiger partial charge in [0.2, 0.25) is 5.89 Å². The molecule has 4 rings (SSSR count). The summed E-state index contributed by atoms with van der Waals surface area (Å²) in [4.78, 5) is 21.0. The van der Waals surface area contributed by atoms with E-state index >= 15 is 0 Å². The van der Waals surface area contributed by atoms with E-state index in [-0.39, 0.29) is 11.1 Å². The molecular formula is C14H10ClN3O2. The molecule has 0 fully saturated rings. The summed E-state index contributed by atoms with van der Waals surface area (Å²) in [5.74, 6) is 1.15. The maximum atomic E-state index is 12.3. The third-order valence-corrected chi connectivity index (χ3v) is 3.69. The van der Waals surface area contributed by atoms with Crippen molar-refractivity contribution < 1.29 is 4.42 Å². The van der Waals surface area contributed by atoms with Crippen molar-refractivity contribution in [1.82, 2.24) is 14.5 Å². The van der Waals surface area contributed by atoms with Crippen molar-refractivity contribution in [2.45, 2.75) is 19.4 Å². The smallest absolute Gasteiger partial charge is 0.283 e. The molecule has 100 valence electrons. The average molecular weight is 288 g/mol. The number of aryl methyl sites for hydroxylation is 1. The van der Waals surface area contributed by atoms with Gasteiger partial charge in [0.15, 0.2) is 5.52 Å². The molecule has 20 heavy (non-hydrogen) atoms. The van der Waals surface area contributed by atoms with Crippen LogP contribution in [0.3, 0.4) is 0 Å². The highest BCUT2D eigenvalue weighted by molar-refractivity contribution is 6.30. The number of aromatic nitrogens is 3. The number of hydrogen-bond donors (Lipinski definition) is 0.